The van der Waals surface area contributed by atoms with Crippen molar-refractivity contribution in [3.8, 4) is 5.75 Å². The van der Waals surface area contributed by atoms with E-state index in [0.29, 0.717) is 23.9 Å². The molecule has 0 spiro atoms. The fourth-order valence-corrected chi connectivity index (χ4v) is 2.59. The number of hydrogen-bond donors (Lipinski definition) is 1. The molecule has 1 unspecified atom stereocenters. The van der Waals surface area contributed by atoms with Crippen molar-refractivity contribution in [3.05, 3.63) is 29.8 Å². The van der Waals surface area contributed by atoms with Crippen LogP contribution in [0.5, 0.6) is 5.75 Å². The summed E-state index contributed by atoms with van der Waals surface area (Å²) in [5.74, 6) is 0.729. The molecule has 0 aromatic heterocycles. The molecule has 1 aromatic rings. The quantitative estimate of drug-likeness (QED) is 0.708. The Bertz CT molecular complexity index is 431. The Labute approximate surface area is 116 Å². The van der Waals surface area contributed by atoms with Gasteiger partial charge in [0.2, 0.25) is 0 Å². The molecule has 1 atom stereocenters. The molecule has 0 radical (unpaired) electrons. The van der Waals surface area contributed by atoms with E-state index >= 15 is 0 Å². The minimum atomic E-state index is -0.978. The van der Waals surface area contributed by atoms with Crippen molar-refractivity contribution in [3.63, 3.8) is 0 Å². The van der Waals surface area contributed by atoms with Gasteiger partial charge < -0.3 is 9.84 Å². The third-order valence-electron chi connectivity index (χ3n) is 2.64. The summed E-state index contributed by atoms with van der Waals surface area (Å²) >= 11 is 0. The van der Waals surface area contributed by atoms with Crippen molar-refractivity contribution in [1.82, 2.24) is 0 Å². The van der Waals surface area contributed by atoms with Gasteiger partial charge in [-0.15, -0.1) is 0 Å². The summed E-state index contributed by atoms with van der Waals surface area (Å²) in [5, 5.41) is 8.84. The van der Waals surface area contributed by atoms with Crippen LogP contribution in [0.15, 0.2) is 24.3 Å². The fourth-order valence-electron chi connectivity index (χ4n) is 1.59. The molecule has 1 aromatic carbocycles. The Morgan fingerprint density at radius 1 is 1.32 bits per heavy atom. The number of hydrogen-bond acceptors (Lipinski definition) is 3. The largest absolute Gasteiger partial charge is 0.493 e. The standard InChI is InChI=1S/C14H20O4S/c1-2-3-4-9-19(17)10-8-18-13-7-5-6-12(11-13)14(15)16/h5-7,11H,2-4,8-10H2,1H3,(H,15,16). The maximum absolute atomic E-state index is 11.6. The van der Waals surface area contributed by atoms with Crippen molar-refractivity contribution in [1.29, 1.82) is 0 Å². The van der Waals surface area contributed by atoms with Gasteiger partial charge >= 0.3 is 5.97 Å². The van der Waals surface area contributed by atoms with Crippen LogP contribution in [0.2, 0.25) is 0 Å². The van der Waals surface area contributed by atoms with Crippen molar-refractivity contribution in [2.24, 2.45) is 0 Å². The summed E-state index contributed by atoms with van der Waals surface area (Å²) in [7, 11) is -0.851. The van der Waals surface area contributed by atoms with Gasteiger partial charge in [-0.3, -0.25) is 4.21 Å². The van der Waals surface area contributed by atoms with Crippen molar-refractivity contribution < 1.29 is 18.8 Å². The highest BCUT2D eigenvalue weighted by molar-refractivity contribution is 7.84. The van der Waals surface area contributed by atoms with Crippen LogP contribution in [0.3, 0.4) is 0 Å². The van der Waals surface area contributed by atoms with E-state index in [4.69, 9.17) is 9.84 Å². The Morgan fingerprint density at radius 2 is 2.11 bits per heavy atom. The summed E-state index contributed by atoms with van der Waals surface area (Å²) in [6.45, 7) is 2.46. The van der Waals surface area contributed by atoms with Crippen molar-refractivity contribution in [2.75, 3.05) is 18.1 Å². The van der Waals surface area contributed by atoms with Crippen LogP contribution in [0.25, 0.3) is 0 Å². The average molecular weight is 284 g/mol. The van der Waals surface area contributed by atoms with Gasteiger partial charge in [0.15, 0.2) is 0 Å². The van der Waals surface area contributed by atoms with Crippen molar-refractivity contribution in [2.45, 2.75) is 26.2 Å². The van der Waals surface area contributed by atoms with Crippen molar-refractivity contribution >= 4 is 16.8 Å². The predicted octanol–water partition coefficient (Wildman–Crippen LogP) is 2.70. The van der Waals surface area contributed by atoms with Crippen LogP contribution in [0.1, 0.15) is 36.5 Å². The molecule has 0 bridgehead atoms. The molecule has 4 nitrogen and oxygen atoms in total. The lowest BCUT2D eigenvalue weighted by Crippen LogP contribution is -2.11. The third kappa shape index (κ3) is 6.38. The number of carboxylic acids is 1. The second kappa shape index (κ2) is 8.69. The highest BCUT2D eigenvalue weighted by atomic mass is 32.2. The Kier molecular flexibility index (Phi) is 7.18. The Hall–Kier alpha value is -1.36. The summed E-state index contributed by atoms with van der Waals surface area (Å²) in [5.41, 5.74) is 0.196. The molecule has 0 aliphatic rings. The fraction of sp³-hybridized carbons (Fsp3) is 0.500. The lowest BCUT2D eigenvalue weighted by atomic mass is 10.2. The number of aromatic carboxylic acids is 1. The maximum Gasteiger partial charge on any atom is 0.335 e. The zero-order chi connectivity index (χ0) is 14.1. The number of carbonyl (C=O) groups is 1. The highest BCUT2D eigenvalue weighted by Gasteiger charge is 2.04. The normalized spacial score (nSPS) is 12.1. The molecule has 106 valence electrons. The van der Waals surface area contributed by atoms with Gasteiger partial charge in [0.1, 0.15) is 5.75 Å². The lowest BCUT2D eigenvalue weighted by Gasteiger charge is -2.06. The Balaban J connectivity index is 2.31. The minimum absolute atomic E-state index is 0.196. The summed E-state index contributed by atoms with van der Waals surface area (Å²) in [6.07, 6.45) is 3.21. The van der Waals surface area contributed by atoms with E-state index in [9.17, 15) is 9.00 Å². The van der Waals surface area contributed by atoms with Crippen LogP contribution in [0, 0.1) is 0 Å². The van der Waals surface area contributed by atoms with Gasteiger partial charge in [-0.2, -0.15) is 0 Å². The number of ether oxygens (including phenoxy) is 1. The van der Waals surface area contributed by atoms with E-state index in [1.807, 2.05) is 0 Å². The molecule has 0 aliphatic heterocycles. The molecule has 0 saturated carbocycles. The molecule has 0 fully saturated rings. The number of unbranched alkanes of at least 4 members (excludes halogenated alkanes) is 2. The van der Waals surface area contributed by atoms with Gasteiger partial charge in [0.25, 0.3) is 0 Å². The Morgan fingerprint density at radius 3 is 2.79 bits per heavy atom. The number of rotatable bonds is 9. The first kappa shape index (κ1) is 15.7. The second-order valence-electron chi connectivity index (χ2n) is 4.24. The number of benzene rings is 1. The lowest BCUT2D eigenvalue weighted by molar-refractivity contribution is 0.0696. The third-order valence-corrected chi connectivity index (χ3v) is 4.00. The van der Waals surface area contributed by atoms with Gasteiger partial charge in [0, 0.05) is 16.6 Å². The second-order valence-corrected chi connectivity index (χ2v) is 5.93. The van der Waals surface area contributed by atoms with Crippen LogP contribution in [-0.4, -0.2) is 33.4 Å². The van der Waals surface area contributed by atoms with Gasteiger partial charge in [-0.25, -0.2) is 4.79 Å². The molecular weight excluding hydrogens is 264 g/mol. The molecule has 19 heavy (non-hydrogen) atoms. The minimum Gasteiger partial charge on any atom is -0.493 e. The first-order valence-corrected chi connectivity index (χ1v) is 7.93. The molecule has 1 N–H and O–H groups in total. The maximum atomic E-state index is 11.6. The first-order chi connectivity index (χ1) is 9.13. The van der Waals surface area contributed by atoms with E-state index in [2.05, 4.69) is 6.92 Å². The molecular formula is C14H20O4S. The summed E-state index contributed by atoms with van der Waals surface area (Å²) in [4.78, 5) is 10.8. The topological polar surface area (TPSA) is 63.6 Å². The highest BCUT2D eigenvalue weighted by Crippen LogP contribution is 2.13. The van der Waals surface area contributed by atoms with Gasteiger partial charge in [-0.05, 0) is 24.6 Å². The van der Waals surface area contributed by atoms with E-state index in [1.165, 1.54) is 12.1 Å². The monoisotopic (exact) mass is 284 g/mol. The number of carboxylic acid groups (broad SMARTS) is 1. The molecule has 0 amide bonds. The van der Waals surface area contributed by atoms with Crippen LogP contribution in [0.4, 0.5) is 0 Å². The van der Waals surface area contributed by atoms with E-state index < -0.39 is 16.8 Å². The van der Waals surface area contributed by atoms with Crippen LogP contribution < -0.4 is 4.74 Å². The van der Waals surface area contributed by atoms with E-state index in [-0.39, 0.29) is 5.56 Å². The van der Waals surface area contributed by atoms with E-state index in [1.54, 1.807) is 12.1 Å². The molecule has 0 heterocycles. The summed E-state index contributed by atoms with van der Waals surface area (Å²) in [6, 6.07) is 6.32. The van der Waals surface area contributed by atoms with E-state index in [0.717, 1.165) is 19.3 Å². The predicted molar refractivity (Wildman–Crippen MR) is 76.3 cm³/mol. The van der Waals surface area contributed by atoms with Crippen LogP contribution in [-0.2, 0) is 10.8 Å². The molecule has 0 saturated heterocycles. The van der Waals surface area contributed by atoms with Crippen LogP contribution >= 0.6 is 0 Å². The molecule has 5 heteroatoms. The zero-order valence-corrected chi connectivity index (χ0v) is 11.9. The average Bonchev–Trinajstić information content (AvgIpc) is 2.39. The van der Waals surface area contributed by atoms with Gasteiger partial charge in [-0.1, -0.05) is 25.8 Å². The first-order valence-electron chi connectivity index (χ1n) is 6.44. The smallest absolute Gasteiger partial charge is 0.335 e. The summed E-state index contributed by atoms with van der Waals surface area (Å²) < 4.78 is 17.0. The SMILES string of the molecule is CCCCCS(=O)CCOc1cccc(C(=O)O)c1. The molecule has 0 aliphatic carbocycles. The van der Waals surface area contributed by atoms with Gasteiger partial charge in [0.05, 0.1) is 17.9 Å². The molecule has 1 rings (SSSR count). The zero-order valence-electron chi connectivity index (χ0n) is 11.1.